The van der Waals surface area contributed by atoms with E-state index in [-0.39, 0.29) is 18.3 Å². The van der Waals surface area contributed by atoms with Crippen molar-refractivity contribution in [1.82, 2.24) is 15.5 Å². The van der Waals surface area contributed by atoms with Crippen molar-refractivity contribution in [3.05, 3.63) is 51.7 Å². The molecule has 0 spiro atoms. The number of carbonyl (C=O) groups excluding carboxylic acids is 2. The third kappa shape index (κ3) is 6.38. The van der Waals surface area contributed by atoms with E-state index < -0.39 is 12.1 Å². The van der Waals surface area contributed by atoms with E-state index in [9.17, 15) is 9.59 Å². The summed E-state index contributed by atoms with van der Waals surface area (Å²) in [7, 11) is 0. The Morgan fingerprint density at radius 2 is 1.69 bits per heavy atom. The highest BCUT2D eigenvalue weighted by atomic mass is 35.5. The Bertz CT molecular complexity index is 865. The number of benzene rings is 1. The van der Waals surface area contributed by atoms with Crippen LogP contribution in [0.3, 0.4) is 0 Å². The van der Waals surface area contributed by atoms with Gasteiger partial charge in [0.25, 0.3) is 5.91 Å². The molecule has 1 aromatic carbocycles. The lowest BCUT2D eigenvalue weighted by Gasteiger charge is -2.38. The normalized spacial score (nSPS) is 18.5. The van der Waals surface area contributed by atoms with Gasteiger partial charge in [-0.2, -0.15) is 0 Å². The molecule has 1 aromatic heterocycles. The first-order chi connectivity index (χ1) is 15.1. The second-order valence-electron chi connectivity index (χ2n) is 8.30. The van der Waals surface area contributed by atoms with Gasteiger partial charge >= 0.3 is 6.03 Å². The molecule has 0 unspecified atom stereocenters. The van der Waals surface area contributed by atoms with Crippen LogP contribution >= 0.6 is 35.3 Å². The van der Waals surface area contributed by atoms with Crippen molar-refractivity contribution >= 4 is 53.0 Å². The molecule has 32 heavy (non-hydrogen) atoms. The summed E-state index contributed by atoms with van der Waals surface area (Å²) in [5.41, 5.74) is 0.627. The van der Waals surface area contributed by atoms with Crippen LogP contribution in [0.5, 0.6) is 0 Å². The summed E-state index contributed by atoms with van der Waals surface area (Å²) >= 11 is 7.39. The van der Waals surface area contributed by atoms with Crippen LogP contribution in [0.15, 0.2) is 41.8 Å². The molecule has 0 aliphatic carbocycles. The van der Waals surface area contributed by atoms with E-state index in [4.69, 9.17) is 11.6 Å². The first-order valence-corrected chi connectivity index (χ1v) is 12.2. The summed E-state index contributed by atoms with van der Waals surface area (Å²) in [6.07, 6.45) is 4.57. The Balaban J connectivity index is 0.00000289. The Morgan fingerprint density at radius 1 is 1.03 bits per heavy atom. The lowest BCUT2D eigenvalue weighted by Crippen LogP contribution is -2.47. The van der Waals surface area contributed by atoms with Crippen molar-refractivity contribution in [3.8, 4) is 0 Å². The number of nitrogens with one attached hydrogen (secondary N) is 3. The van der Waals surface area contributed by atoms with Crippen LogP contribution in [0.2, 0.25) is 5.02 Å². The van der Waals surface area contributed by atoms with Crippen LogP contribution < -0.4 is 16.0 Å². The molecule has 0 bridgehead atoms. The summed E-state index contributed by atoms with van der Waals surface area (Å²) in [4.78, 5) is 28.8. The number of halogens is 2. The fourth-order valence-corrected chi connectivity index (χ4v) is 5.52. The molecule has 3 heterocycles. The van der Waals surface area contributed by atoms with E-state index in [1.54, 1.807) is 24.3 Å². The van der Waals surface area contributed by atoms with Crippen molar-refractivity contribution in [2.75, 3.05) is 31.5 Å². The molecule has 3 N–H and O–H groups in total. The summed E-state index contributed by atoms with van der Waals surface area (Å²) in [5, 5.41) is 11.6. The van der Waals surface area contributed by atoms with Crippen molar-refractivity contribution < 1.29 is 9.59 Å². The van der Waals surface area contributed by atoms with Gasteiger partial charge in [0.05, 0.1) is 0 Å². The molecule has 2 fully saturated rings. The fraction of sp³-hybridized carbons (Fsp3) is 0.478. The predicted molar refractivity (Wildman–Crippen MR) is 133 cm³/mol. The third-order valence-electron chi connectivity index (χ3n) is 6.35. The lowest BCUT2D eigenvalue weighted by molar-refractivity contribution is -0.135. The minimum Gasteiger partial charge on any atom is -0.341 e. The molecule has 2 aliphatic rings. The molecular weight excluding hydrogens is 467 g/mol. The fourth-order valence-electron chi connectivity index (χ4n) is 4.63. The quantitative estimate of drug-likeness (QED) is 0.549. The summed E-state index contributed by atoms with van der Waals surface area (Å²) in [6.45, 7) is 3.74. The van der Waals surface area contributed by atoms with Crippen molar-refractivity contribution in [3.63, 3.8) is 0 Å². The van der Waals surface area contributed by atoms with Crippen LogP contribution in [-0.2, 0) is 4.79 Å². The minimum atomic E-state index is -0.678. The average molecular weight is 497 g/mol. The number of nitrogens with zero attached hydrogens (tertiary/aromatic N) is 1. The summed E-state index contributed by atoms with van der Waals surface area (Å²) in [6, 6.07) is 9.61. The van der Waals surface area contributed by atoms with Crippen molar-refractivity contribution in [1.29, 1.82) is 0 Å². The molecule has 2 saturated heterocycles. The molecule has 1 atom stereocenters. The van der Waals surface area contributed by atoms with Gasteiger partial charge in [-0.25, -0.2) is 4.79 Å². The van der Waals surface area contributed by atoms with Gasteiger partial charge in [0, 0.05) is 28.7 Å². The zero-order valence-electron chi connectivity index (χ0n) is 17.9. The van der Waals surface area contributed by atoms with E-state index >= 15 is 0 Å². The zero-order chi connectivity index (χ0) is 21.6. The molecule has 2 aliphatic heterocycles. The van der Waals surface area contributed by atoms with Gasteiger partial charge in [-0.1, -0.05) is 17.7 Å². The SMILES string of the molecule is Cl.O=C(Nc1ccc(Cl)cc1)N[C@@H](C(=O)N1CCC(C2CCNCC2)CC1)c1cccs1. The van der Waals surface area contributed by atoms with Crippen LogP contribution in [0.4, 0.5) is 10.5 Å². The second kappa shape index (κ2) is 11.9. The van der Waals surface area contributed by atoms with Gasteiger partial charge in [0.2, 0.25) is 0 Å². The molecule has 9 heteroatoms. The number of thiophene rings is 1. The molecule has 2 aromatic rings. The van der Waals surface area contributed by atoms with Crippen molar-refractivity contribution in [2.45, 2.75) is 31.7 Å². The number of hydrogen-bond acceptors (Lipinski definition) is 4. The molecule has 6 nitrogen and oxygen atoms in total. The Labute approximate surface area is 204 Å². The Morgan fingerprint density at radius 3 is 2.31 bits per heavy atom. The zero-order valence-corrected chi connectivity index (χ0v) is 20.3. The number of piperidine rings is 2. The maximum absolute atomic E-state index is 13.4. The van der Waals surface area contributed by atoms with Gasteiger partial charge in [-0.15, -0.1) is 23.7 Å². The number of amides is 3. The summed E-state index contributed by atoms with van der Waals surface area (Å²) < 4.78 is 0. The second-order valence-corrected chi connectivity index (χ2v) is 9.72. The molecule has 174 valence electrons. The molecule has 3 amide bonds. The number of likely N-dealkylation sites (tertiary alicyclic amines) is 1. The number of rotatable bonds is 5. The largest absolute Gasteiger partial charge is 0.341 e. The van der Waals surface area contributed by atoms with E-state index in [0.717, 1.165) is 49.8 Å². The molecule has 0 saturated carbocycles. The topological polar surface area (TPSA) is 73.5 Å². The first kappa shape index (κ1) is 24.8. The molecule has 0 radical (unpaired) electrons. The van der Waals surface area contributed by atoms with Crippen LogP contribution in [0, 0.1) is 11.8 Å². The summed E-state index contributed by atoms with van der Waals surface area (Å²) in [5.74, 6) is 1.44. The Kier molecular flexibility index (Phi) is 9.22. The molecule has 4 rings (SSSR count). The monoisotopic (exact) mass is 496 g/mol. The smallest absolute Gasteiger partial charge is 0.320 e. The minimum absolute atomic E-state index is 0. The highest BCUT2D eigenvalue weighted by Gasteiger charge is 2.33. The van der Waals surface area contributed by atoms with Gasteiger partial charge < -0.3 is 20.9 Å². The van der Waals surface area contributed by atoms with Crippen LogP contribution in [-0.4, -0.2) is 43.0 Å². The lowest BCUT2D eigenvalue weighted by atomic mass is 9.79. The number of anilines is 1. The number of urea groups is 1. The standard InChI is InChI=1S/C23H29ClN4O2S.ClH/c24-18-3-5-19(6-4-18)26-23(30)27-21(20-2-1-15-31-20)22(29)28-13-9-17(10-14-28)16-7-11-25-12-8-16;/h1-6,15-17,21,25H,7-14H2,(H2,26,27,30);1H/t21-;/m1./s1. The third-order valence-corrected chi connectivity index (χ3v) is 7.54. The van der Waals surface area contributed by atoms with E-state index in [1.165, 1.54) is 24.2 Å². The van der Waals surface area contributed by atoms with Gasteiger partial charge in [0.15, 0.2) is 0 Å². The Hall–Kier alpha value is -1.80. The number of carbonyl (C=O) groups is 2. The maximum Gasteiger partial charge on any atom is 0.320 e. The highest BCUT2D eigenvalue weighted by molar-refractivity contribution is 7.10. The first-order valence-electron chi connectivity index (χ1n) is 11.0. The average Bonchev–Trinajstić information content (AvgIpc) is 3.34. The van der Waals surface area contributed by atoms with Crippen molar-refractivity contribution in [2.24, 2.45) is 11.8 Å². The van der Waals surface area contributed by atoms with Gasteiger partial charge in [0.1, 0.15) is 6.04 Å². The predicted octanol–water partition coefficient (Wildman–Crippen LogP) is 4.92. The number of hydrogen-bond donors (Lipinski definition) is 3. The van der Waals surface area contributed by atoms with Gasteiger partial charge in [-0.05, 0) is 86.3 Å². The highest BCUT2D eigenvalue weighted by Crippen LogP contribution is 2.32. The van der Waals surface area contributed by atoms with E-state index in [1.807, 2.05) is 22.4 Å². The maximum atomic E-state index is 13.4. The van der Waals surface area contributed by atoms with Gasteiger partial charge in [-0.3, -0.25) is 4.79 Å². The van der Waals surface area contributed by atoms with Crippen LogP contribution in [0.25, 0.3) is 0 Å². The van der Waals surface area contributed by atoms with E-state index in [2.05, 4.69) is 16.0 Å². The van der Waals surface area contributed by atoms with Crippen LogP contribution in [0.1, 0.15) is 36.6 Å². The van der Waals surface area contributed by atoms with E-state index in [0.29, 0.717) is 16.6 Å². The molecular formula is C23H30Cl2N4O2S.